The molecule has 2 amide bonds. The van der Waals surface area contributed by atoms with Crippen LogP contribution in [0.5, 0.6) is 0 Å². The Labute approximate surface area is 187 Å². The Bertz CT molecular complexity index is 1110. The number of nitrogens with zero attached hydrogens (tertiary/aromatic N) is 2. The first-order valence-electron chi connectivity index (χ1n) is 11.2. The third kappa shape index (κ3) is 4.44. The maximum atomic E-state index is 12.5. The van der Waals surface area contributed by atoms with E-state index >= 15 is 0 Å². The summed E-state index contributed by atoms with van der Waals surface area (Å²) < 4.78 is 5.80. The Kier molecular flexibility index (Phi) is 5.52. The highest BCUT2D eigenvalue weighted by atomic mass is 16.4. The zero-order valence-electron chi connectivity index (χ0n) is 18.2. The first-order chi connectivity index (χ1) is 15.6. The standard InChI is InChI=1S/C26H27N3O3/c1-17-7-9-19(10-8-17)23-15-27-25(32-23)12-11-24(30)28-20-13-26(31)29(16-20)22-14-21(22)18-5-3-2-4-6-18/h2-10,15,20-22H,11-14,16H2,1H3,(H,28,30)/t20-,21-,22-/m1/s1. The zero-order chi connectivity index (χ0) is 22.1. The Balaban J connectivity index is 1.10. The van der Waals surface area contributed by atoms with Gasteiger partial charge in [-0.25, -0.2) is 4.98 Å². The zero-order valence-corrected chi connectivity index (χ0v) is 18.2. The molecule has 6 heteroatoms. The number of carbonyl (C=O) groups is 2. The normalized spacial score (nSPS) is 22.2. The highest BCUT2D eigenvalue weighted by Crippen LogP contribution is 2.45. The van der Waals surface area contributed by atoms with Crippen molar-refractivity contribution in [2.75, 3.05) is 6.54 Å². The monoisotopic (exact) mass is 429 g/mol. The predicted molar refractivity (Wildman–Crippen MR) is 121 cm³/mol. The topological polar surface area (TPSA) is 75.4 Å². The van der Waals surface area contributed by atoms with E-state index in [0.717, 1.165) is 12.0 Å². The number of nitrogens with one attached hydrogen (secondary N) is 1. The van der Waals surface area contributed by atoms with Gasteiger partial charge in [0, 0.05) is 43.3 Å². The Morgan fingerprint density at radius 1 is 1.16 bits per heavy atom. The van der Waals surface area contributed by atoms with E-state index in [2.05, 4.69) is 22.4 Å². The summed E-state index contributed by atoms with van der Waals surface area (Å²) >= 11 is 0. The van der Waals surface area contributed by atoms with Crippen molar-refractivity contribution >= 4 is 11.8 Å². The van der Waals surface area contributed by atoms with Crippen molar-refractivity contribution in [3.63, 3.8) is 0 Å². The quantitative estimate of drug-likeness (QED) is 0.619. The molecule has 0 radical (unpaired) electrons. The molecule has 3 atom stereocenters. The summed E-state index contributed by atoms with van der Waals surface area (Å²) in [7, 11) is 0. The molecular formula is C26H27N3O3. The molecule has 164 valence electrons. The first-order valence-corrected chi connectivity index (χ1v) is 11.2. The van der Waals surface area contributed by atoms with Crippen molar-refractivity contribution in [2.24, 2.45) is 0 Å². The number of likely N-dealkylation sites (tertiary alicyclic amines) is 1. The summed E-state index contributed by atoms with van der Waals surface area (Å²) in [4.78, 5) is 31.2. The third-order valence-electron chi connectivity index (χ3n) is 6.36. The van der Waals surface area contributed by atoms with Crippen LogP contribution in [0.1, 0.15) is 42.2 Å². The molecule has 6 nitrogen and oxygen atoms in total. The molecule has 2 aromatic carbocycles. The molecular weight excluding hydrogens is 402 g/mol. The van der Waals surface area contributed by atoms with E-state index in [-0.39, 0.29) is 30.3 Å². The van der Waals surface area contributed by atoms with Gasteiger partial charge in [-0.3, -0.25) is 9.59 Å². The van der Waals surface area contributed by atoms with Crippen molar-refractivity contribution in [2.45, 2.75) is 50.6 Å². The molecule has 0 unspecified atom stereocenters. The van der Waals surface area contributed by atoms with Crippen LogP contribution in [0.15, 0.2) is 65.2 Å². The SMILES string of the molecule is Cc1ccc(-c2cnc(CCC(=O)N[C@@H]3CC(=O)N([C@@H]4C[C@@H]4c4ccccc4)C3)o2)cc1. The summed E-state index contributed by atoms with van der Waals surface area (Å²) in [5.41, 5.74) is 3.44. The molecule has 2 fully saturated rings. The van der Waals surface area contributed by atoms with Gasteiger partial charge in [-0.05, 0) is 18.9 Å². The Morgan fingerprint density at radius 3 is 2.72 bits per heavy atom. The van der Waals surface area contributed by atoms with Crippen LogP contribution in [0.2, 0.25) is 0 Å². The average Bonchev–Trinajstić information content (AvgIpc) is 3.30. The van der Waals surface area contributed by atoms with Crippen LogP contribution in [-0.2, 0) is 16.0 Å². The fourth-order valence-electron chi connectivity index (χ4n) is 4.53. The van der Waals surface area contributed by atoms with Crippen LogP contribution in [-0.4, -0.2) is 40.3 Å². The van der Waals surface area contributed by atoms with Crippen molar-refractivity contribution in [3.05, 3.63) is 77.8 Å². The number of benzene rings is 2. The van der Waals surface area contributed by atoms with E-state index in [1.165, 1.54) is 11.1 Å². The van der Waals surface area contributed by atoms with Crippen molar-refractivity contribution in [3.8, 4) is 11.3 Å². The highest BCUT2D eigenvalue weighted by molar-refractivity contribution is 5.83. The molecule has 0 bridgehead atoms. The maximum absolute atomic E-state index is 12.5. The number of carbonyl (C=O) groups excluding carboxylic acids is 2. The number of aromatic nitrogens is 1. The number of amides is 2. The third-order valence-corrected chi connectivity index (χ3v) is 6.36. The summed E-state index contributed by atoms with van der Waals surface area (Å²) in [6.45, 7) is 2.63. The van der Waals surface area contributed by atoms with Gasteiger partial charge in [-0.1, -0.05) is 60.2 Å². The lowest BCUT2D eigenvalue weighted by Gasteiger charge is -2.17. The molecule has 5 rings (SSSR count). The number of aryl methyl sites for hydroxylation is 2. The first kappa shape index (κ1) is 20.5. The van der Waals surface area contributed by atoms with Crippen LogP contribution in [0, 0.1) is 6.92 Å². The van der Waals surface area contributed by atoms with Crippen LogP contribution in [0.25, 0.3) is 11.3 Å². The van der Waals surface area contributed by atoms with Crippen LogP contribution in [0.4, 0.5) is 0 Å². The minimum absolute atomic E-state index is 0.0739. The second-order valence-electron chi connectivity index (χ2n) is 8.82. The lowest BCUT2D eigenvalue weighted by atomic mass is 10.1. The molecule has 3 aromatic rings. The average molecular weight is 430 g/mol. The van der Waals surface area contributed by atoms with Crippen LogP contribution in [0.3, 0.4) is 0 Å². The van der Waals surface area contributed by atoms with Crippen LogP contribution < -0.4 is 5.32 Å². The summed E-state index contributed by atoms with van der Waals surface area (Å²) in [5, 5.41) is 3.02. The van der Waals surface area contributed by atoms with Gasteiger partial charge in [-0.15, -0.1) is 0 Å². The predicted octanol–water partition coefficient (Wildman–Crippen LogP) is 3.86. The van der Waals surface area contributed by atoms with E-state index in [4.69, 9.17) is 4.42 Å². The largest absolute Gasteiger partial charge is 0.441 e. The van der Waals surface area contributed by atoms with Gasteiger partial charge < -0.3 is 14.6 Å². The molecule has 0 spiro atoms. The van der Waals surface area contributed by atoms with Gasteiger partial charge in [0.25, 0.3) is 0 Å². The minimum Gasteiger partial charge on any atom is -0.441 e. The summed E-state index contributed by atoms with van der Waals surface area (Å²) in [6.07, 6.45) is 3.80. The molecule has 2 heterocycles. The second kappa shape index (κ2) is 8.61. The summed E-state index contributed by atoms with van der Waals surface area (Å²) in [6, 6.07) is 18.5. The second-order valence-corrected chi connectivity index (χ2v) is 8.82. The lowest BCUT2D eigenvalue weighted by molar-refractivity contribution is -0.128. The Morgan fingerprint density at radius 2 is 1.94 bits per heavy atom. The molecule has 1 aliphatic carbocycles. The van der Waals surface area contributed by atoms with Crippen molar-refractivity contribution in [1.82, 2.24) is 15.2 Å². The molecule has 1 saturated heterocycles. The fraction of sp³-hybridized carbons (Fsp3) is 0.346. The highest BCUT2D eigenvalue weighted by Gasteiger charge is 2.47. The summed E-state index contributed by atoms with van der Waals surface area (Å²) in [5.74, 6) is 1.73. The van der Waals surface area contributed by atoms with Gasteiger partial charge in [0.15, 0.2) is 11.7 Å². The van der Waals surface area contributed by atoms with E-state index in [1.807, 2.05) is 54.3 Å². The molecule has 1 aliphatic heterocycles. The molecule has 1 aromatic heterocycles. The number of hydrogen-bond acceptors (Lipinski definition) is 4. The van der Waals surface area contributed by atoms with E-state index in [1.54, 1.807) is 6.20 Å². The van der Waals surface area contributed by atoms with Gasteiger partial charge in [-0.2, -0.15) is 0 Å². The van der Waals surface area contributed by atoms with E-state index in [9.17, 15) is 9.59 Å². The van der Waals surface area contributed by atoms with Gasteiger partial charge in [0.05, 0.1) is 12.2 Å². The number of oxazole rings is 1. The van der Waals surface area contributed by atoms with E-state index < -0.39 is 0 Å². The van der Waals surface area contributed by atoms with Gasteiger partial charge in [0.2, 0.25) is 11.8 Å². The van der Waals surface area contributed by atoms with Crippen molar-refractivity contribution in [1.29, 1.82) is 0 Å². The fourth-order valence-corrected chi connectivity index (χ4v) is 4.53. The number of hydrogen-bond donors (Lipinski definition) is 1. The molecule has 32 heavy (non-hydrogen) atoms. The van der Waals surface area contributed by atoms with Crippen molar-refractivity contribution < 1.29 is 14.0 Å². The smallest absolute Gasteiger partial charge is 0.225 e. The molecule has 2 aliphatic rings. The maximum Gasteiger partial charge on any atom is 0.225 e. The van der Waals surface area contributed by atoms with Crippen LogP contribution >= 0.6 is 0 Å². The molecule has 1 N–H and O–H groups in total. The number of rotatable bonds is 7. The lowest BCUT2D eigenvalue weighted by Crippen LogP contribution is -2.37. The minimum atomic E-state index is -0.125. The Hall–Kier alpha value is -3.41. The molecule has 1 saturated carbocycles. The van der Waals surface area contributed by atoms with E-state index in [0.29, 0.717) is 37.0 Å². The van der Waals surface area contributed by atoms with Gasteiger partial charge in [0.1, 0.15) is 0 Å². The van der Waals surface area contributed by atoms with Gasteiger partial charge >= 0.3 is 0 Å².